The molecular formula is C14H23NOS. The van der Waals surface area contributed by atoms with Gasteiger partial charge in [-0.05, 0) is 49.1 Å². The minimum absolute atomic E-state index is 0.466. The van der Waals surface area contributed by atoms with Crippen molar-refractivity contribution in [3.05, 3.63) is 29.8 Å². The molecule has 3 heteroatoms. The topological polar surface area (TPSA) is 21.3 Å². The van der Waals surface area contributed by atoms with Crippen LogP contribution in [0.5, 0.6) is 5.75 Å². The summed E-state index contributed by atoms with van der Waals surface area (Å²) in [4.78, 5) is 0. The summed E-state index contributed by atoms with van der Waals surface area (Å²) in [6.45, 7) is 3.28. The van der Waals surface area contributed by atoms with Gasteiger partial charge in [0.25, 0.3) is 0 Å². The lowest BCUT2D eigenvalue weighted by Gasteiger charge is -2.18. The predicted molar refractivity (Wildman–Crippen MR) is 77.0 cm³/mol. The molecule has 0 radical (unpaired) electrons. The summed E-state index contributed by atoms with van der Waals surface area (Å²) in [5.41, 5.74) is 1.35. The van der Waals surface area contributed by atoms with Crippen LogP contribution in [0.3, 0.4) is 0 Å². The van der Waals surface area contributed by atoms with Crippen molar-refractivity contribution in [1.29, 1.82) is 0 Å². The normalized spacial score (nSPS) is 12.4. The van der Waals surface area contributed by atoms with E-state index in [9.17, 15) is 0 Å². The standard InChI is InChI=1S/C14H23NOS/c1-4-10-15-14(9-11-17-3)12-5-7-13(16-2)8-6-12/h5-8,14-15H,4,9-11H2,1-3H3. The molecule has 0 saturated carbocycles. The summed E-state index contributed by atoms with van der Waals surface area (Å²) in [5, 5.41) is 3.60. The molecule has 0 aliphatic heterocycles. The van der Waals surface area contributed by atoms with Crippen LogP contribution in [-0.2, 0) is 0 Å². The van der Waals surface area contributed by atoms with E-state index in [1.807, 2.05) is 23.9 Å². The molecule has 1 unspecified atom stereocenters. The van der Waals surface area contributed by atoms with Gasteiger partial charge >= 0.3 is 0 Å². The van der Waals surface area contributed by atoms with Crippen molar-refractivity contribution in [2.24, 2.45) is 0 Å². The molecular weight excluding hydrogens is 230 g/mol. The van der Waals surface area contributed by atoms with E-state index >= 15 is 0 Å². The number of benzene rings is 1. The Labute approximate surface area is 109 Å². The fraction of sp³-hybridized carbons (Fsp3) is 0.571. The molecule has 0 saturated heterocycles. The highest BCUT2D eigenvalue weighted by atomic mass is 32.2. The van der Waals surface area contributed by atoms with Gasteiger partial charge in [-0.25, -0.2) is 0 Å². The molecule has 1 atom stereocenters. The summed E-state index contributed by atoms with van der Waals surface area (Å²) < 4.78 is 5.19. The maximum absolute atomic E-state index is 5.19. The quantitative estimate of drug-likeness (QED) is 0.766. The fourth-order valence-electron chi connectivity index (χ4n) is 1.78. The van der Waals surface area contributed by atoms with E-state index in [1.165, 1.54) is 24.2 Å². The van der Waals surface area contributed by atoms with Crippen molar-refractivity contribution < 1.29 is 4.74 Å². The Bertz CT molecular complexity index is 292. The highest BCUT2D eigenvalue weighted by molar-refractivity contribution is 7.98. The SMILES string of the molecule is CCCNC(CCSC)c1ccc(OC)cc1. The van der Waals surface area contributed by atoms with Gasteiger partial charge in [0.1, 0.15) is 5.75 Å². The Hall–Kier alpha value is -0.670. The van der Waals surface area contributed by atoms with Gasteiger partial charge in [0.2, 0.25) is 0 Å². The van der Waals surface area contributed by atoms with E-state index in [0.717, 1.165) is 12.3 Å². The van der Waals surface area contributed by atoms with Gasteiger partial charge in [0.15, 0.2) is 0 Å². The maximum Gasteiger partial charge on any atom is 0.118 e. The van der Waals surface area contributed by atoms with Crippen LogP contribution in [-0.4, -0.2) is 25.7 Å². The zero-order chi connectivity index (χ0) is 12.5. The molecule has 0 spiro atoms. The van der Waals surface area contributed by atoms with E-state index in [2.05, 4.69) is 30.6 Å². The van der Waals surface area contributed by atoms with Crippen LogP contribution in [0.2, 0.25) is 0 Å². The first kappa shape index (κ1) is 14.4. The molecule has 0 aromatic heterocycles. The van der Waals surface area contributed by atoms with Crippen molar-refractivity contribution in [1.82, 2.24) is 5.32 Å². The number of nitrogens with one attached hydrogen (secondary N) is 1. The Kier molecular flexibility index (Phi) is 7.13. The van der Waals surface area contributed by atoms with Gasteiger partial charge in [-0.1, -0.05) is 19.1 Å². The Morgan fingerprint density at radius 1 is 1.29 bits per heavy atom. The molecule has 1 aromatic carbocycles. The van der Waals surface area contributed by atoms with Gasteiger partial charge in [-0.3, -0.25) is 0 Å². The number of hydrogen-bond acceptors (Lipinski definition) is 3. The fourth-order valence-corrected chi connectivity index (χ4v) is 2.25. The Morgan fingerprint density at radius 3 is 2.53 bits per heavy atom. The molecule has 0 heterocycles. The van der Waals surface area contributed by atoms with Crippen LogP contribution in [0.25, 0.3) is 0 Å². The van der Waals surface area contributed by atoms with Crippen LogP contribution in [0.4, 0.5) is 0 Å². The average molecular weight is 253 g/mol. The second-order valence-corrected chi connectivity index (χ2v) is 5.05. The van der Waals surface area contributed by atoms with Crippen LogP contribution >= 0.6 is 11.8 Å². The summed E-state index contributed by atoms with van der Waals surface area (Å²) >= 11 is 1.90. The zero-order valence-electron chi connectivity index (χ0n) is 11.0. The van der Waals surface area contributed by atoms with E-state index in [0.29, 0.717) is 6.04 Å². The van der Waals surface area contributed by atoms with Gasteiger partial charge in [-0.2, -0.15) is 11.8 Å². The van der Waals surface area contributed by atoms with Gasteiger partial charge in [0, 0.05) is 6.04 Å². The predicted octanol–water partition coefficient (Wildman–Crippen LogP) is 3.49. The smallest absolute Gasteiger partial charge is 0.118 e. The van der Waals surface area contributed by atoms with Gasteiger partial charge in [0.05, 0.1) is 7.11 Å². The summed E-state index contributed by atoms with van der Waals surface area (Å²) in [5.74, 6) is 2.11. The lowest BCUT2D eigenvalue weighted by molar-refractivity contribution is 0.414. The molecule has 1 aromatic rings. The second-order valence-electron chi connectivity index (χ2n) is 4.06. The number of ether oxygens (including phenoxy) is 1. The van der Waals surface area contributed by atoms with Crippen LogP contribution in [0.1, 0.15) is 31.4 Å². The molecule has 2 nitrogen and oxygen atoms in total. The number of rotatable bonds is 8. The van der Waals surface area contributed by atoms with E-state index < -0.39 is 0 Å². The van der Waals surface area contributed by atoms with Gasteiger partial charge < -0.3 is 10.1 Å². The van der Waals surface area contributed by atoms with E-state index in [1.54, 1.807) is 7.11 Å². The molecule has 1 rings (SSSR count). The van der Waals surface area contributed by atoms with Crippen LogP contribution < -0.4 is 10.1 Å². The van der Waals surface area contributed by atoms with E-state index in [4.69, 9.17) is 4.74 Å². The monoisotopic (exact) mass is 253 g/mol. The third-order valence-electron chi connectivity index (χ3n) is 2.77. The average Bonchev–Trinajstić information content (AvgIpc) is 2.39. The Balaban J connectivity index is 2.65. The molecule has 0 fully saturated rings. The van der Waals surface area contributed by atoms with Crippen molar-refractivity contribution in [2.45, 2.75) is 25.8 Å². The minimum atomic E-state index is 0.466. The molecule has 0 aliphatic rings. The first-order chi connectivity index (χ1) is 8.31. The van der Waals surface area contributed by atoms with Crippen molar-refractivity contribution in [3.63, 3.8) is 0 Å². The molecule has 0 amide bonds. The number of methoxy groups -OCH3 is 1. The highest BCUT2D eigenvalue weighted by Crippen LogP contribution is 2.21. The first-order valence-electron chi connectivity index (χ1n) is 6.18. The summed E-state index contributed by atoms with van der Waals surface area (Å²) in [6, 6.07) is 8.86. The molecule has 0 bridgehead atoms. The highest BCUT2D eigenvalue weighted by Gasteiger charge is 2.09. The number of hydrogen-bond donors (Lipinski definition) is 1. The molecule has 0 aliphatic carbocycles. The van der Waals surface area contributed by atoms with Crippen molar-refractivity contribution in [2.75, 3.05) is 25.7 Å². The largest absolute Gasteiger partial charge is 0.497 e. The van der Waals surface area contributed by atoms with Crippen molar-refractivity contribution >= 4 is 11.8 Å². The zero-order valence-corrected chi connectivity index (χ0v) is 11.8. The number of thioether (sulfide) groups is 1. The third-order valence-corrected chi connectivity index (χ3v) is 3.41. The minimum Gasteiger partial charge on any atom is -0.497 e. The summed E-state index contributed by atoms with van der Waals surface area (Å²) in [7, 11) is 1.70. The van der Waals surface area contributed by atoms with Crippen LogP contribution in [0, 0.1) is 0 Å². The lowest BCUT2D eigenvalue weighted by atomic mass is 10.0. The second kappa shape index (κ2) is 8.43. The first-order valence-corrected chi connectivity index (χ1v) is 7.57. The molecule has 96 valence electrons. The molecule has 1 N–H and O–H groups in total. The molecule has 17 heavy (non-hydrogen) atoms. The third kappa shape index (κ3) is 5.00. The maximum atomic E-state index is 5.19. The van der Waals surface area contributed by atoms with Crippen molar-refractivity contribution in [3.8, 4) is 5.75 Å². The van der Waals surface area contributed by atoms with Gasteiger partial charge in [-0.15, -0.1) is 0 Å². The van der Waals surface area contributed by atoms with Crippen LogP contribution in [0.15, 0.2) is 24.3 Å². The Morgan fingerprint density at radius 2 is 2.00 bits per heavy atom. The van der Waals surface area contributed by atoms with E-state index in [-0.39, 0.29) is 0 Å². The summed E-state index contributed by atoms with van der Waals surface area (Å²) in [6.07, 6.45) is 4.50. The lowest BCUT2D eigenvalue weighted by Crippen LogP contribution is -2.22.